The lowest BCUT2D eigenvalue weighted by atomic mass is 10.1. The van der Waals surface area contributed by atoms with Gasteiger partial charge in [0.25, 0.3) is 0 Å². The minimum atomic E-state index is 0.575. The largest absolute Gasteiger partial charge is 0.493 e. The van der Waals surface area contributed by atoms with Crippen molar-refractivity contribution in [2.45, 2.75) is 41.0 Å². The van der Waals surface area contributed by atoms with E-state index in [1.165, 1.54) is 7.11 Å². The molecule has 0 aliphatic rings. The van der Waals surface area contributed by atoms with E-state index in [2.05, 4.69) is 5.16 Å². The number of ether oxygens (including phenoxy) is 3. The molecule has 0 aliphatic heterocycles. The van der Waals surface area contributed by atoms with Gasteiger partial charge >= 0.3 is 0 Å². The van der Waals surface area contributed by atoms with Gasteiger partial charge in [0.15, 0.2) is 0 Å². The van der Waals surface area contributed by atoms with E-state index in [-0.39, 0.29) is 0 Å². The van der Waals surface area contributed by atoms with E-state index in [4.69, 9.17) is 19.0 Å². The van der Waals surface area contributed by atoms with Crippen molar-refractivity contribution in [1.82, 2.24) is 0 Å². The molecule has 5 nitrogen and oxygen atoms in total. The summed E-state index contributed by atoms with van der Waals surface area (Å²) >= 11 is 0. The van der Waals surface area contributed by atoms with Crippen LogP contribution in [-0.2, 0) is 4.84 Å². The molecular formula is C25H33NO4. The van der Waals surface area contributed by atoms with Crippen LogP contribution < -0.4 is 14.2 Å². The van der Waals surface area contributed by atoms with E-state index in [0.29, 0.717) is 19.8 Å². The second kappa shape index (κ2) is 11.9. The molecule has 0 amide bonds. The summed E-state index contributed by atoms with van der Waals surface area (Å²) < 4.78 is 17.8. The minimum absolute atomic E-state index is 0.575. The van der Waals surface area contributed by atoms with Crippen LogP contribution in [0.2, 0.25) is 0 Å². The third kappa shape index (κ3) is 6.83. The molecule has 0 atom stereocenters. The molecule has 0 spiro atoms. The van der Waals surface area contributed by atoms with Crippen LogP contribution in [0.3, 0.4) is 0 Å². The summed E-state index contributed by atoms with van der Waals surface area (Å²) in [5.41, 5.74) is 5.30. The van der Waals surface area contributed by atoms with Crippen LogP contribution in [0.1, 0.15) is 41.2 Å². The quantitative estimate of drug-likeness (QED) is 0.206. The number of hydrogen-bond donors (Lipinski definition) is 0. The number of rotatable bonds is 11. The summed E-state index contributed by atoms with van der Waals surface area (Å²) in [4.78, 5) is 4.74. The fraction of sp³-hybridized carbons (Fsp3) is 0.400. The summed E-state index contributed by atoms with van der Waals surface area (Å²) in [6.07, 6.45) is 6.45. The highest BCUT2D eigenvalue weighted by atomic mass is 16.6. The lowest BCUT2D eigenvalue weighted by molar-refractivity contribution is 0.215. The molecule has 0 radical (unpaired) electrons. The normalized spacial score (nSPS) is 11.3. The number of allylic oxidation sites excluding steroid dienone is 1. The molecule has 0 unspecified atom stereocenters. The zero-order chi connectivity index (χ0) is 21.9. The van der Waals surface area contributed by atoms with Crippen molar-refractivity contribution >= 4 is 6.21 Å². The SMILES string of the molecule is C/C=C/COc1cc(C)c(OCCCOc2c(C)cc(/C=N/OC)cc2C)c(C)c1. The Hall–Kier alpha value is -2.95. The van der Waals surface area contributed by atoms with Crippen molar-refractivity contribution in [3.8, 4) is 17.2 Å². The summed E-state index contributed by atoms with van der Waals surface area (Å²) in [6, 6.07) is 8.11. The molecule has 2 aromatic carbocycles. The molecule has 30 heavy (non-hydrogen) atoms. The fourth-order valence-electron chi connectivity index (χ4n) is 3.27. The van der Waals surface area contributed by atoms with Crippen LogP contribution in [0.25, 0.3) is 0 Å². The van der Waals surface area contributed by atoms with Gasteiger partial charge in [-0.15, -0.1) is 0 Å². The van der Waals surface area contributed by atoms with Crippen molar-refractivity contribution in [3.63, 3.8) is 0 Å². The Labute approximate surface area is 180 Å². The highest BCUT2D eigenvalue weighted by Crippen LogP contribution is 2.29. The summed E-state index contributed by atoms with van der Waals surface area (Å²) in [6.45, 7) is 11.9. The third-order valence-electron chi connectivity index (χ3n) is 4.59. The first-order chi connectivity index (χ1) is 14.5. The molecule has 162 valence electrons. The van der Waals surface area contributed by atoms with E-state index in [9.17, 15) is 0 Å². The maximum Gasteiger partial charge on any atom is 0.125 e. The van der Waals surface area contributed by atoms with Gasteiger partial charge in [-0.3, -0.25) is 0 Å². The molecule has 0 aliphatic carbocycles. The first kappa shape index (κ1) is 23.3. The lowest BCUT2D eigenvalue weighted by Crippen LogP contribution is -2.08. The van der Waals surface area contributed by atoms with Crippen LogP contribution >= 0.6 is 0 Å². The van der Waals surface area contributed by atoms with Gasteiger partial charge < -0.3 is 19.0 Å². The van der Waals surface area contributed by atoms with Crippen molar-refractivity contribution in [2.75, 3.05) is 26.9 Å². The topological polar surface area (TPSA) is 49.3 Å². The minimum Gasteiger partial charge on any atom is -0.493 e. The number of aryl methyl sites for hydroxylation is 4. The maximum atomic E-state index is 6.03. The van der Waals surface area contributed by atoms with Gasteiger partial charge in [0.05, 0.1) is 19.4 Å². The molecule has 0 aromatic heterocycles. The third-order valence-corrected chi connectivity index (χ3v) is 4.59. The van der Waals surface area contributed by atoms with Crippen LogP contribution in [0, 0.1) is 27.7 Å². The average Bonchev–Trinajstić information content (AvgIpc) is 2.69. The average molecular weight is 412 g/mol. The van der Waals surface area contributed by atoms with E-state index < -0.39 is 0 Å². The predicted octanol–water partition coefficient (Wildman–Crippen LogP) is 5.70. The maximum absolute atomic E-state index is 6.03. The van der Waals surface area contributed by atoms with Gasteiger partial charge in [-0.1, -0.05) is 17.3 Å². The molecular weight excluding hydrogens is 378 g/mol. The summed E-state index contributed by atoms with van der Waals surface area (Å²) in [7, 11) is 1.53. The first-order valence-electron chi connectivity index (χ1n) is 10.2. The van der Waals surface area contributed by atoms with Crippen LogP contribution in [0.4, 0.5) is 0 Å². The van der Waals surface area contributed by atoms with Crippen LogP contribution in [-0.4, -0.2) is 33.1 Å². The molecule has 0 N–H and O–H groups in total. The predicted molar refractivity (Wildman–Crippen MR) is 122 cm³/mol. The lowest BCUT2D eigenvalue weighted by Gasteiger charge is -2.16. The number of hydrogen-bond acceptors (Lipinski definition) is 5. The van der Waals surface area contributed by atoms with Gasteiger partial charge in [0.1, 0.15) is 31.0 Å². The molecule has 2 aromatic rings. The van der Waals surface area contributed by atoms with Gasteiger partial charge in [-0.25, -0.2) is 0 Å². The molecule has 0 saturated heterocycles. The molecule has 0 fully saturated rings. The Morgan fingerprint density at radius 2 is 1.33 bits per heavy atom. The van der Waals surface area contributed by atoms with Crippen molar-refractivity contribution < 1.29 is 19.0 Å². The smallest absolute Gasteiger partial charge is 0.125 e. The second-order valence-corrected chi connectivity index (χ2v) is 7.22. The van der Waals surface area contributed by atoms with E-state index in [1.807, 2.05) is 71.0 Å². The molecule has 5 heteroatoms. The Balaban J connectivity index is 1.86. The van der Waals surface area contributed by atoms with Crippen LogP contribution in [0.5, 0.6) is 17.2 Å². The van der Waals surface area contributed by atoms with E-state index in [0.717, 1.165) is 51.5 Å². The zero-order valence-corrected chi connectivity index (χ0v) is 19.0. The number of benzene rings is 2. The Morgan fingerprint density at radius 3 is 1.83 bits per heavy atom. The van der Waals surface area contributed by atoms with Gasteiger partial charge in [0.2, 0.25) is 0 Å². The van der Waals surface area contributed by atoms with E-state index in [1.54, 1.807) is 6.21 Å². The van der Waals surface area contributed by atoms with Gasteiger partial charge in [-0.05, 0) is 86.7 Å². The number of nitrogens with zero attached hydrogens (tertiary/aromatic N) is 1. The molecule has 0 heterocycles. The Morgan fingerprint density at radius 1 is 0.800 bits per heavy atom. The highest BCUT2D eigenvalue weighted by molar-refractivity contribution is 5.80. The van der Waals surface area contributed by atoms with E-state index >= 15 is 0 Å². The van der Waals surface area contributed by atoms with Gasteiger partial charge in [0, 0.05) is 6.42 Å². The second-order valence-electron chi connectivity index (χ2n) is 7.22. The first-order valence-corrected chi connectivity index (χ1v) is 10.2. The van der Waals surface area contributed by atoms with Gasteiger partial charge in [-0.2, -0.15) is 0 Å². The van der Waals surface area contributed by atoms with Crippen molar-refractivity contribution in [2.24, 2.45) is 5.16 Å². The highest BCUT2D eigenvalue weighted by Gasteiger charge is 2.09. The Bertz CT molecular complexity index is 841. The summed E-state index contributed by atoms with van der Waals surface area (Å²) in [5, 5.41) is 3.81. The Kier molecular flexibility index (Phi) is 9.26. The molecule has 2 rings (SSSR count). The van der Waals surface area contributed by atoms with Crippen molar-refractivity contribution in [1.29, 1.82) is 0 Å². The monoisotopic (exact) mass is 411 g/mol. The fourth-order valence-corrected chi connectivity index (χ4v) is 3.27. The van der Waals surface area contributed by atoms with Crippen molar-refractivity contribution in [3.05, 3.63) is 64.2 Å². The van der Waals surface area contributed by atoms with Crippen LogP contribution in [0.15, 0.2) is 41.6 Å². The number of oxime groups is 1. The summed E-state index contributed by atoms with van der Waals surface area (Å²) in [5.74, 6) is 2.70. The molecule has 0 saturated carbocycles. The zero-order valence-electron chi connectivity index (χ0n) is 19.0. The standard InChI is InChI=1S/C25H33NO4/c1-7-8-10-28-23-15-20(4)25(21(5)16-23)30-12-9-11-29-24-18(2)13-22(14-19(24)3)17-26-27-6/h7-8,13-17H,9-12H2,1-6H3/b8-7+,26-17+. The molecule has 0 bridgehead atoms.